The van der Waals surface area contributed by atoms with Crippen LogP contribution in [0, 0.1) is 0 Å². The van der Waals surface area contributed by atoms with Crippen molar-refractivity contribution < 1.29 is 43.8 Å². The molecule has 8 atom stereocenters. The van der Waals surface area contributed by atoms with Crippen molar-refractivity contribution in [3.63, 3.8) is 0 Å². The van der Waals surface area contributed by atoms with Crippen LogP contribution in [-0.2, 0) is 59.2 Å². The van der Waals surface area contributed by atoms with Crippen LogP contribution in [0.25, 0.3) is 21.8 Å². The van der Waals surface area contributed by atoms with Crippen molar-refractivity contribution >= 4 is 63.2 Å². The molecule has 6 amide bonds. The molecule has 4 heterocycles. The first-order valence-electron chi connectivity index (χ1n) is 22.8. The Bertz CT molecular complexity index is 2770. The summed E-state index contributed by atoms with van der Waals surface area (Å²) in [4.78, 5) is 112. The molecule has 6 aromatic rings. The van der Waals surface area contributed by atoms with Crippen LogP contribution in [0.1, 0.15) is 49.1 Å². The summed E-state index contributed by atoms with van der Waals surface area (Å²) in [5.74, 6) is -5.55. The molecule has 362 valence electrons. The number of likely N-dealkylation sites (tertiary alicyclic amines) is 1. The summed E-state index contributed by atoms with van der Waals surface area (Å²) in [5.41, 5.74) is 10.1. The monoisotopic (exact) mass is 943 g/mol. The number of amides is 6. The summed E-state index contributed by atoms with van der Waals surface area (Å²) in [6.45, 7) is 2.85. The second-order valence-corrected chi connectivity index (χ2v) is 17.4. The molecule has 69 heavy (non-hydrogen) atoms. The number of nitrogens with one attached hydrogen (secondary N) is 8. The Morgan fingerprint density at radius 1 is 0.681 bits per heavy atom. The van der Waals surface area contributed by atoms with Crippen LogP contribution in [0.2, 0.25) is 0 Å². The smallest absolute Gasteiger partial charge is 0.325 e. The fourth-order valence-electron chi connectivity index (χ4n) is 8.51. The van der Waals surface area contributed by atoms with E-state index in [1.54, 1.807) is 42.7 Å². The van der Waals surface area contributed by atoms with Gasteiger partial charge in [-0.25, -0.2) is 4.98 Å². The zero-order valence-corrected chi connectivity index (χ0v) is 38.1. The maximum atomic E-state index is 14.8. The largest absolute Gasteiger partial charge is 0.480 e. The van der Waals surface area contributed by atoms with Crippen molar-refractivity contribution in [2.75, 3.05) is 6.54 Å². The van der Waals surface area contributed by atoms with Gasteiger partial charge in [0, 0.05) is 78.3 Å². The predicted octanol–water partition coefficient (Wildman–Crippen LogP) is 0.871. The number of aliphatic carboxylic acids is 1. The van der Waals surface area contributed by atoms with Gasteiger partial charge in [-0.3, -0.25) is 33.6 Å². The van der Waals surface area contributed by atoms with Gasteiger partial charge in [0.15, 0.2) is 0 Å². The van der Waals surface area contributed by atoms with Gasteiger partial charge in [0.05, 0.1) is 12.4 Å². The number of carbonyl (C=O) groups excluding carboxylic acids is 6. The Morgan fingerprint density at radius 3 is 1.74 bits per heavy atom. The van der Waals surface area contributed by atoms with Crippen molar-refractivity contribution in [3.8, 4) is 0 Å². The maximum absolute atomic E-state index is 14.8. The number of benzene rings is 3. The summed E-state index contributed by atoms with van der Waals surface area (Å²) < 4.78 is 0. The first-order chi connectivity index (χ1) is 33.2. The van der Waals surface area contributed by atoms with Gasteiger partial charge in [0.25, 0.3) is 0 Å². The number of fused-ring (bicyclic) bond motifs is 2. The molecule has 3 aromatic heterocycles. The van der Waals surface area contributed by atoms with Gasteiger partial charge in [0.1, 0.15) is 42.3 Å². The zero-order chi connectivity index (χ0) is 49.2. The van der Waals surface area contributed by atoms with E-state index in [1.807, 2.05) is 48.5 Å². The Hall–Kier alpha value is -7.84. The van der Waals surface area contributed by atoms with Crippen molar-refractivity contribution in [1.82, 2.24) is 51.4 Å². The highest BCUT2D eigenvalue weighted by Gasteiger charge is 2.40. The molecular weight excluding hydrogens is 887 g/mol. The van der Waals surface area contributed by atoms with E-state index in [-0.39, 0.29) is 38.6 Å². The minimum absolute atomic E-state index is 0.00794. The average Bonchev–Trinajstić information content (AvgIpc) is 4.19. The van der Waals surface area contributed by atoms with Gasteiger partial charge in [0.2, 0.25) is 35.4 Å². The Balaban J connectivity index is 1.18. The van der Waals surface area contributed by atoms with Crippen molar-refractivity contribution in [2.45, 2.75) is 101 Å². The van der Waals surface area contributed by atoms with Gasteiger partial charge < -0.3 is 62.4 Å². The number of aromatic nitrogens is 4. The van der Waals surface area contributed by atoms with Gasteiger partial charge >= 0.3 is 5.97 Å². The number of aromatic amines is 3. The van der Waals surface area contributed by atoms with Crippen molar-refractivity contribution in [3.05, 3.63) is 126 Å². The number of aliphatic hydroxyl groups is 1. The number of rotatable bonds is 21. The molecular formula is C49H57N11O9. The van der Waals surface area contributed by atoms with Crippen LogP contribution in [0.15, 0.2) is 104 Å². The number of nitrogens with two attached hydrogens (primary N) is 1. The van der Waals surface area contributed by atoms with Crippen LogP contribution < -0.4 is 32.3 Å². The number of H-pyrrole nitrogens is 3. The van der Waals surface area contributed by atoms with E-state index in [9.17, 15) is 43.8 Å². The highest BCUT2D eigenvalue weighted by atomic mass is 16.4. The molecule has 1 aliphatic rings. The summed E-state index contributed by atoms with van der Waals surface area (Å²) in [6.07, 6.45) is 5.58. The zero-order valence-electron chi connectivity index (χ0n) is 38.1. The molecule has 20 nitrogen and oxygen atoms in total. The summed E-state index contributed by atoms with van der Waals surface area (Å²) in [6, 6.07) is 14.9. The number of hydrogen-bond acceptors (Lipinski definition) is 10. The molecule has 20 heteroatoms. The molecule has 1 saturated heterocycles. The number of para-hydroxylation sites is 2. The molecule has 12 N–H and O–H groups in total. The molecule has 1 fully saturated rings. The van der Waals surface area contributed by atoms with Crippen LogP contribution in [0.4, 0.5) is 0 Å². The van der Waals surface area contributed by atoms with Crippen molar-refractivity contribution in [2.24, 2.45) is 5.73 Å². The number of carboxylic acids is 1. The molecule has 7 rings (SSSR count). The van der Waals surface area contributed by atoms with E-state index in [2.05, 4.69) is 46.5 Å². The minimum atomic E-state index is -1.37. The number of carboxylic acid groups (broad SMARTS) is 1. The maximum Gasteiger partial charge on any atom is 0.325 e. The number of imidazole rings is 1. The number of aliphatic hydroxyl groups excluding tert-OH is 1. The van der Waals surface area contributed by atoms with E-state index < -0.39 is 89.8 Å². The highest BCUT2D eigenvalue weighted by Crippen LogP contribution is 2.23. The first-order valence-corrected chi connectivity index (χ1v) is 22.8. The molecule has 0 aliphatic carbocycles. The highest BCUT2D eigenvalue weighted by molar-refractivity contribution is 5.98. The van der Waals surface area contributed by atoms with Gasteiger partial charge in [-0.1, -0.05) is 66.7 Å². The molecule has 3 aromatic carbocycles. The lowest BCUT2D eigenvalue weighted by atomic mass is 10.0. The first kappa shape index (κ1) is 49.1. The second-order valence-electron chi connectivity index (χ2n) is 17.4. The second kappa shape index (κ2) is 22.3. The molecule has 8 unspecified atom stereocenters. The molecule has 1 aliphatic heterocycles. The molecule has 0 radical (unpaired) electrons. The van der Waals surface area contributed by atoms with E-state index >= 15 is 0 Å². The summed E-state index contributed by atoms with van der Waals surface area (Å²) in [5, 5.41) is 34.8. The molecule has 0 saturated carbocycles. The minimum Gasteiger partial charge on any atom is -0.480 e. The van der Waals surface area contributed by atoms with E-state index in [0.29, 0.717) is 28.8 Å². The van der Waals surface area contributed by atoms with E-state index in [4.69, 9.17) is 5.73 Å². The fraction of sp³-hybridized carbons (Fsp3) is 0.347. The van der Waals surface area contributed by atoms with E-state index in [1.165, 1.54) is 31.3 Å². The van der Waals surface area contributed by atoms with Gasteiger partial charge in [-0.2, -0.15) is 0 Å². The fourth-order valence-corrected chi connectivity index (χ4v) is 8.51. The van der Waals surface area contributed by atoms with Gasteiger partial charge in [-0.15, -0.1) is 0 Å². The lowest BCUT2D eigenvalue weighted by Gasteiger charge is -2.30. The lowest BCUT2D eigenvalue weighted by molar-refractivity contribution is -0.144. The topological polar surface area (TPSA) is 310 Å². The third-order valence-corrected chi connectivity index (χ3v) is 12.4. The Kier molecular flexibility index (Phi) is 15.9. The number of nitrogens with zero attached hydrogens (tertiary/aromatic N) is 2. The Labute approximate surface area is 396 Å². The quantitative estimate of drug-likeness (QED) is 0.0481. The van der Waals surface area contributed by atoms with Crippen molar-refractivity contribution in [1.29, 1.82) is 0 Å². The summed E-state index contributed by atoms with van der Waals surface area (Å²) >= 11 is 0. The average molecular weight is 944 g/mol. The number of hydrogen-bond donors (Lipinski definition) is 11. The standard InChI is InChI=1S/C49H57N11O9/c1-27(49(68)69)55-46(65)41-17-10-18-60(41)48(67)40(19-29-11-4-3-5-12-29)59-45(64)39(22-32-25-51-26-54-32)57-43(62)37(20-30-23-52-35-15-8-6-13-33(30)35)56-44(63)38(58-47(66)42(50)28(2)61)21-31-24-53-36-16-9-7-14-34(31)36/h3-9,11-16,23-28,37-42,52-53,61H,10,17-22,50H2,1-2H3,(H,51,54)(H,55,65)(H,56,63)(H,57,62)(H,58,66)(H,59,64)(H,68,69). The normalized spacial score (nSPS) is 16.6. The van der Waals surface area contributed by atoms with Crippen LogP contribution in [0.3, 0.4) is 0 Å². The predicted molar refractivity (Wildman–Crippen MR) is 254 cm³/mol. The number of carbonyl (C=O) groups is 7. The SMILES string of the molecule is CC(NC(=O)C1CCCN1C(=O)C(Cc1ccccc1)NC(=O)C(Cc1cnc[nH]1)NC(=O)C(Cc1c[nH]c2ccccc12)NC(=O)C(Cc1c[nH]c2ccccc12)NC(=O)C(N)C(C)O)C(=O)O. The van der Waals surface area contributed by atoms with E-state index in [0.717, 1.165) is 21.8 Å². The summed E-state index contributed by atoms with van der Waals surface area (Å²) in [7, 11) is 0. The van der Waals surface area contributed by atoms with Gasteiger partial charge in [-0.05, 0) is 55.5 Å². The van der Waals surface area contributed by atoms with Crippen LogP contribution in [-0.4, -0.2) is 131 Å². The third-order valence-electron chi connectivity index (χ3n) is 12.4. The lowest BCUT2D eigenvalue weighted by Crippen LogP contribution is -2.61. The Morgan fingerprint density at radius 2 is 1.20 bits per heavy atom. The van der Waals surface area contributed by atoms with Crippen LogP contribution >= 0.6 is 0 Å². The third kappa shape index (κ3) is 12.2. The molecule has 0 bridgehead atoms. The molecule has 0 spiro atoms. The van der Waals surface area contributed by atoms with Crippen LogP contribution in [0.5, 0.6) is 0 Å².